The molecule has 3 nitrogen and oxygen atoms in total. The minimum atomic E-state index is -0.452. The van der Waals surface area contributed by atoms with Crippen molar-refractivity contribution in [3.63, 3.8) is 0 Å². The molecule has 0 bridgehead atoms. The summed E-state index contributed by atoms with van der Waals surface area (Å²) in [5.41, 5.74) is 10.1. The predicted molar refractivity (Wildman–Crippen MR) is 116 cm³/mol. The van der Waals surface area contributed by atoms with Crippen molar-refractivity contribution in [2.45, 2.75) is 26.3 Å². The first-order valence-electron chi connectivity index (χ1n) is 9.19. The summed E-state index contributed by atoms with van der Waals surface area (Å²) in [5.74, 6) is -0.452. The Morgan fingerprint density at radius 2 is 1.82 bits per heavy atom. The first-order valence-corrected chi connectivity index (χ1v) is 9.95. The van der Waals surface area contributed by atoms with Gasteiger partial charge < -0.3 is 10.3 Å². The Morgan fingerprint density at radius 3 is 2.50 bits per heavy atom. The Kier molecular flexibility index (Phi) is 5.05. The van der Waals surface area contributed by atoms with Gasteiger partial charge in [0.1, 0.15) is 0 Å². The van der Waals surface area contributed by atoms with Crippen molar-refractivity contribution < 1.29 is 4.79 Å². The van der Waals surface area contributed by atoms with Gasteiger partial charge in [0.2, 0.25) is 5.91 Å². The van der Waals surface area contributed by atoms with Gasteiger partial charge >= 0.3 is 0 Å². The molecule has 1 heterocycles. The van der Waals surface area contributed by atoms with E-state index < -0.39 is 5.91 Å². The monoisotopic (exact) mass is 409 g/mol. The molecule has 1 radical (unpaired) electrons. The van der Waals surface area contributed by atoms with Crippen molar-refractivity contribution in [2.75, 3.05) is 0 Å². The molecule has 0 aliphatic carbocycles. The number of amides is 1. The number of hydrogen-bond donors (Lipinski definition) is 1. The third-order valence-electron chi connectivity index (χ3n) is 5.04. The maximum Gasteiger partial charge on any atom is 0.249 e. The van der Waals surface area contributed by atoms with Crippen molar-refractivity contribution in [2.24, 2.45) is 5.73 Å². The van der Waals surface area contributed by atoms with Crippen LogP contribution in [0.2, 0.25) is 10.0 Å². The number of carbonyl (C=O) groups is 1. The lowest BCUT2D eigenvalue weighted by Crippen LogP contribution is -2.11. The molecule has 0 fully saturated rings. The van der Waals surface area contributed by atoms with Crippen molar-refractivity contribution >= 4 is 50.9 Å². The van der Waals surface area contributed by atoms with Crippen LogP contribution in [0.5, 0.6) is 0 Å². The van der Waals surface area contributed by atoms with Crippen LogP contribution in [0.1, 0.15) is 34.8 Å². The van der Waals surface area contributed by atoms with E-state index in [-0.39, 0.29) is 0 Å². The van der Waals surface area contributed by atoms with Crippen LogP contribution in [0.25, 0.3) is 21.8 Å². The third kappa shape index (κ3) is 3.15. The maximum absolute atomic E-state index is 12.1. The molecular formula is C23H19Cl2N2O. The van der Waals surface area contributed by atoms with Gasteiger partial charge in [0.25, 0.3) is 0 Å². The first-order chi connectivity index (χ1) is 13.5. The molecule has 0 spiro atoms. The smallest absolute Gasteiger partial charge is 0.249 e. The molecule has 1 aromatic heterocycles. The number of halogens is 2. The number of rotatable bonds is 5. The number of fused-ring (bicyclic) bond motifs is 3. The zero-order valence-electron chi connectivity index (χ0n) is 15.4. The van der Waals surface area contributed by atoms with E-state index in [0.29, 0.717) is 22.2 Å². The van der Waals surface area contributed by atoms with Crippen molar-refractivity contribution in [3.05, 3.63) is 81.3 Å². The quantitative estimate of drug-likeness (QED) is 0.431. The summed E-state index contributed by atoms with van der Waals surface area (Å²) >= 11 is 12.9. The second-order valence-electron chi connectivity index (χ2n) is 6.87. The van der Waals surface area contributed by atoms with E-state index in [4.69, 9.17) is 28.9 Å². The number of benzene rings is 3. The summed E-state index contributed by atoms with van der Waals surface area (Å²) < 4.78 is 2.14. The Balaban J connectivity index is 2.05. The maximum atomic E-state index is 12.1. The van der Waals surface area contributed by atoms with Gasteiger partial charge in [-0.05, 0) is 48.4 Å². The van der Waals surface area contributed by atoms with Gasteiger partial charge in [0, 0.05) is 31.9 Å². The van der Waals surface area contributed by atoms with Gasteiger partial charge in [-0.2, -0.15) is 0 Å². The molecule has 5 heteroatoms. The fourth-order valence-electron chi connectivity index (χ4n) is 3.75. The third-order valence-corrected chi connectivity index (χ3v) is 5.74. The molecule has 4 rings (SSSR count). The standard InChI is InChI=1S/C23H19Cl2N2O/c1-2-5-14-10-11-15-21(12-14)27(13-17-18(24)7-4-8-19(17)25)20-9-3-6-16(22(15)20)23(26)28/h3-4,6-10,12H,2,5,13H2,1H3,(H2,26,28). The lowest BCUT2D eigenvalue weighted by Gasteiger charge is -2.12. The number of aromatic nitrogens is 1. The van der Waals surface area contributed by atoms with Crippen LogP contribution in [-0.2, 0) is 13.0 Å². The van der Waals surface area contributed by atoms with Crippen LogP contribution in [-0.4, -0.2) is 10.5 Å². The fourth-order valence-corrected chi connectivity index (χ4v) is 4.27. The summed E-state index contributed by atoms with van der Waals surface area (Å²) in [6.45, 7) is 2.64. The van der Waals surface area contributed by atoms with Crippen molar-refractivity contribution in [1.29, 1.82) is 0 Å². The average molecular weight is 410 g/mol. The van der Waals surface area contributed by atoms with E-state index >= 15 is 0 Å². The van der Waals surface area contributed by atoms with Crippen molar-refractivity contribution in [1.82, 2.24) is 4.57 Å². The van der Waals surface area contributed by atoms with E-state index in [2.05, 4.69) is 23.6 Å². The van der Waals surface area contributed by atoms with Crippen LogP contribution in [0.15, 0.2) is 48.5 Å². The molecule has 0 atom stereocenters. The Morgan fingerprint density at radius 1 is 1.11 bits per heavy atom. The summed E-state index contributed by atoms with van der Waals surface area (Å²) in [6, 6.07) is 18.6. The number of nitrogens with zero attached hydrogens (tertiary/aromatic N) is 1. The number of aryl methyl sites for hydroxylation is 1. The van der Waals surface area contributed by atoms with Crippen LogP contribution >= 0.6 is 23.2 Å². The molecule has 2 N–H and O–H groups in total. The second kappa shape index (κ2) is 7.50. The highest BCUT2D eigenvalue weighted by molar-refractivity contribution is 6.36. The van der Waals surface area contributed by atoms with Gasteiger partial charge in [-0.1, -0.05) is 54.7 Å². The van der Waals surface area contributed by atoms with Crippen LogP contribution in [0.4, 0.5) is 0 Å². The van der Waals surface area contributed by atoms with E-state index in [1.54, 1.807) is 6.07 Å². The summed E-state index contributed by atoms with van der Waals surface area (Å²) in [5, 5.41) is 2.92. The normalized spacial score (nSPS) is 11.4. The van der Waals surface area contributed by atoms with Crippen LogP contribution in [0.3, 0.4) is 0 Å². The van der Waals surface area contributed by atoms with Gasteiger partial charge in [0.15, 0.2) is 0 Å². The van der Waals surface area contributed by atoms with Gasteiger partial charge in [0.05, 0.1) is 17.6 Å². The minimum Gasteiger partial charge on any atom is -0.366 e. The molecule has 1 amide bonds. The van der Waals surface area contributed by atoms with E-state index in [0.717, 1.165) is 40.2 Å². The minimum absolute atomic E-state index is 0.452. The van der Waals surface area contributed by atoms with Crippen molar-refractivity contribution in [3.8, 4) is 0 Å². The highest BCUT2D eigenvalue weighted by Crippen LogP contribution is 2.34. The topological polar surface area (TPSA) is 48.0 Å². The van der Waals surface area contributed by atoms with Gasteiger partial charge in [-0.25, -0.2) is 0 Å². The van der Waals surface area contributed by atoms with Gasteiger partial charge in [-0.15, -0.1) is 0 Å². The van der Waals surface area contributed by atoms with Crippen LogP contribution in [0, 0.1) is 6.07 Å². The molecular weight excluding hydrogens is 391 g/mol. The van der Waals surface area contributed by atoms with E-state index in [9.17, 15) is 4.79 Å². The summed E-state index contributed by atoms with van der Waals surface area (Å²) in [6.07, 6.45) is 2.01. The van der Waals surface area contributed by atoms with E-state index in [1.807, 2.05) is 36.4 Å². The zero-order chi connectivity index (χ0) is 19.8. The largest absolute Gasteiger partial charge is 0.366 e. The molecule has 28 heavy (non-hydrogen) atoms. The molecule has 4 aromatic rings. The van der Waals surface area contributed by atoms with E-state index in [1.165, 1.54) is 5.56 Å². The molecule has 141 valence electrons. The Bertz CT molecular complexity index is 1190. The van der Waals surface area contributed by atoms with Gasteiger partial charge in [-0.3, -0.25) is 4.79 Å². The molecule has 0 aliphatic heterocycles. The zero-order valence-corrected chi connectivity index (χ0v) is 16.9. The summed E-state index contributed by atoms with van der Waals surface area (Å²) in [4.78, 5) is 12.1. The molecule has 0 aliphatic rings. The predicted octanol–water partition coefficient (Wildman–Crippen LogP) is 6.00. The highest BCUT2D eigenvalue weighted by atomic mass is 35.5. The first kappa shape index (κ1) is 18.9. The molecule has 3 aromatic carbocycles. The number of nitrogens with two attached hydrogens (primary N) is 1. The molecule has 0 unspecified atom stereocenters. The lowest BCUT2D eigenvalue weighted by atomic mass is 10.0. The Labute approximate surface area is 173 Å². The molecule has 0 saturated heterocycles. The Hall–Kier alpha value is -2.49. The SMILES string of the molecule is CCCc1c[c]c2c3c(C(N)=O)cccc3n(Cc3c(Cl)cccc3Cl)c2c1. The summed E-state index contributed by atoms with van der Waals surface area (Å²) in [7, 11) is 0. The average Bonchev–Trinajstić information content (AvgIpc) is 2.98. The number of primary amides is 1. The number of carbonyl (C=O) groups excluding carboxylic acids is 1. The molecule has 0 saturated carbocycles. The van der Waals surface area contributed by atoms with Crippen LogP contribution < -0.4 is 5.73 Å². The fraction of sp³-hybridized carbons (Fsp3) is 0.174. The lowest BCUT2D eigenvalue weighted by molar-refractivity contribution is 0.100. The second-order valence-corrected chi connectivity index (χ2v) is 7.68. The number of hydrogen-bond acceptors (Lipinski definition) is 1. The highest BCUT2D eigenvalue weighted by Gasteiger charge is 2.18.